The quantitative estimate of drug-likeness (QED) is 0.286. The number of nitrogens with one attached hydrogen (secondary N) is 1. The molecule has 8 nitrogen and oxygen atoms in total. The van der Waals surface area contributed by atoms with Crippen LogP contribution in [0.25, 0.3) is 0 Å². The number of anilines is 1. The van der Waals surface area contributed by atoms with Gasteiger partial charge in [0.15, 0.2) is 0 Å². The first-order valence-corrected chi connectivity index (χ1v) is 15.2. The molecular weight excluding hydrogens is 545 g/mol. The average Bonchev–Trinajstić information content (AvgIpc) is 2.95. The van der Waals surface area contributed by atoms with Crippen LogP contribution in [0.5, 0.6) is 5.75 Å². The Morgan fingerprint density at radius 3 is 2.24 bits per heavy atom. The lowest BCUT2D eigenvalue weighted by atomic mass is 10.1. The Kier molecular flexibility index (Phi) is 11.3. The van der Waals surface area contributed by atoms with E-state index in [9.17, 15) is 22.4 Å². The molecule has 0 heterocycles. The van der Waals surface area contributed by atoms with Gasteiger partial charge >= 0.3 is 0 Å². The number of aryl methyl sites for hydroxylation is 1. The van der Waals surface area contributed by atoms with E-state index in [0.29, 0.717) is 25.3 Å². The van der Waals surface area contributed by atoms with Gasteiger partial charge in [0.1, 0.15) is 24.2 Å². The maximum absolute atomic E-state index is 14.0. The smallest absolute Gasteiger partial charge is 0.264 e. The van der Waals surface area contributed by atoms with Crippen LogP contribution in [0.2, 0.25) is 0 Å². The number of carbonyl (C=O) groups excluding carboxylic acids is 2. The fourth-order valence-electron chi connectivity index (χ4n) is 4.43. The summed E-state index contributed by atoms with van der Waals surface area (Å²) in [6, 6.07) is 17.5. The maximum Gasteiger partial charge on any atom is 0.264 e. The van der Waals surface area contributed by atoms with Crippen molar-refractivity contribution in [1.82, 2.24) is 10.2 Å². The third kappa shape index (κ3) is 8.29. The highest BCUT2D eigenvalue weighted by Crippen LogP contribution is 2.26. The van der Waals surface area contributed by atoms with Crippen molar-refractivity contribution in [3.05, 3.63) is 89.7 Å². The van der Waals surface area contributed by atoms with Crippen LogP contribution in [-0.4, -0.2) is 50.9 Å². The largest absolute Gasteiger partial charge is 0.494 e. The molecule has 1 atom stereocenters. The SMILES string of the molecule is CCCNC(=O)[C@@H](CC)N(Cc1cccc(C)c1)C(=O)CN(c1ccc(F)cc1)S(=O)(=O)c1ccc(OCC)cc1. The first-order valence-electron chi connectivity index (χ1n) is 13.7. The van der Waals surface area contributed by atoms with Gasteiger partial charge in [-0.3, -0.25) is 13.9 Å². The number of rotatable bonds is 14. The van der Waals surface area contributed by atoms with E-state index in [1.54, 1.807) is 6.92 Å². The third-order valence-corrected chi connectivity index (χ3v) is 8.27. The Morgan fingerprint density at radius 1 is 0.976 bits per heavy atom. The lowest BCUT2D eigenvalue weighted by Crippen LogP contribution is -2.52. The zero-order valence-corrected chi connectivity index (χ0v) is 24.8. The monoisotopic (exact) mass is 583 g/mol. The standard InChI is InChI=1S/C31H38FN3O5S/c1-5-19-33-31(37)29(6-2)34(21-24-10-8-9-23(4)20-24)30(36)22-35(26-13-11-25(32)12-14-26)41(38,39)28-17-15-27(16-18-28)40-7-3/h8-18,20,29H,5-7,19,21-22H2,1-4H3,(H,33,37)/t29-/m1/s1. The summed E-state index contributed by atoms with van der Waals surface area (Å²) in [6.07, 6.45) is 1.06. The molecule has 0 aliphatic heterocycles. The number of carbonyl (C=O) groups is 2. The summed E-state index contributed by atoms with van der Waals surface area (Å²) in [5, 5.41) is 2.86. The zero-order chi connectivity index (χ0) is 30.0. The zero-order valence-electron chi connectivity index (χ0n) is 24.0. The molecule has 0 fully saturated rings. The van der Waals surface area contributed by atoms with Crippen LogP contribution in [0.3, 0.4) is 0 Å². The number of halogens is 1. The topological polar surface area (TPSA) is 96.0 Å². The van der Waals surface area contributed by atoms with E-state index in [4.69, 9.17) is 4.74 Å². The van der Waals surface area contributed by atoms with Gasteiger partial charge in [-0.15, -0.1) is 0 Å². The summed E-state index contributed by atoms with van der Waals surface area (Å²) in [7, 11) is -4.27. The highest BCUT2D eigenvalue weighted by molar-refractivity contribution is 7.92. The molecule has 0 bridgehead atoms. The van der Waals surface area contributed by atoms with Crippen LogP contribution in [0.15, 0.2) is 77.7 Å². The highest BCUT2D eigenvalue weighted by atomic mass is 32.2. The molecule has 0 saturated carbocycles. The summed E-state index contributed by atoms with van der Waals surface area (Å²) >= 11 is 0. The molecule has 0 spiro atoms. The third-order valence-electron chi connectivity index (χ3n) is 6.49. The molecule has 0 aliphatic carbocycles. The van der Waals surface area contributed by atoms with Gasteiger partial charge in [-0.05, 0) is 80.8 Å². The molecule has 2 amide bonds. The van der Waals surface area contributed by atoms with E-state index in [2.05, 4.69) is 5.32 Å². The minimum absolute atomic E-state index is 0.0592. The molecule has 1 N–H and O–H groups in total. The molecule has 0 radical (unpaired) electrons. The van der Waals surface area contributed by atoms with Crippen molar-refractivity contribution in [3.63, 3.8) is 0 Å². The van der Waals surface area contributed by atoms with Gasteiger partial charge in [0, 0.05) is 13.1 Å². The minimum atomic E-state index is -4.27. The van der Waals surface area contributed by atoms with E-state index >= 15 is 0 Å². The van der Waals surface area contributed by atoms with Gasteiger partial charge in [-0.1, -0.05) is 43.7 Å². The second-order valence-corrected chi connectivity index (χ2v) is 11.5. The summed E-state index contributed by atoms with van der Waals surface area (Å²) in [5.41, 5.74) is 1.92. The lowest BCUT2D eigenvalue weighted by Gasteiger charge is -2.33. The van der Waals surface area contributed by atoms with Gasteiger partial charge in [0.2, 0.25) is 11.8 Å². The summed E-state index contributed by atoms with van der Waals surface area (Å²) in [5.74, 6) is -0.913. The Balaban J connectivity index is 2.04. The van der Waals surface area contributed by atoms with Crippen LogP contribution >= 0.6 is 0 Å². The first-order chi connectivity index (χ1) is 19.6. The van der Waals surface area contributed by atoms with Crippen LogP contribution < -0.4 is 14.4 Å². The molecule has 41 heavy (non-hydrogen) atoms. The number of ether oxygens (including phenoxy) is 1. The molecular formula is C31H38FN3O5S. The number of hydrogen-bond acceptors (Lipinski definition) is 5. The molecule has 3 aromatic rings. The van der Waals surface area contributed by atoms with Crippen molar-refractivity contribution in [2.75, 3.05) is 24.0 Å². The van der Waals surface area contributed by atoms with Crippen molar-refractivity contribution >= 4 is 27.5 Å². The van der Waals surface area contributed by atoms with Crippen molar-refractivity contribution < 1.29 is 27.1 Å². The molecule has 0 unspecified atom stereocenters. The Hall–Kier alpha value is -3.92. The van der Waals surface area contributed by atoms with E-state index in [1.165, 1.54) is 41.3 Å². The summed E-state index contributed by atoms with van der Waals surface area (Å²) in [4.78, 5) is 28.5. The van der Waals surface area contributed by atoms with Gasteiger partial charge in [-0.2, -0.15) is 0 Å². The number of hydrogen-bond donors (Lipinski definition) is 1. The lowest BCUT2D eigenvalue weighted by molar-refractivity contribution is -0.140. The summed E-state index contributed by atoms with van der Waals surface area (Å²) < 4.78 is 48.0. The van der Waals surface area contributed by atoms with Gasteiger partial charge in [0.25, 0.3) is 10.0 Å². The predicted octanol–water partition coefficient (Wildman–Crippen LogP) is 5.06. The average molecular weight is 584 g/mol. The predicted molar refractivity (Wildman–Crippen MR) is 158 cm³/mol. The second kappa shape index (κ2) is 14.6. The first kappa shape index (κ1) is 31.6. The van der Waals surface area contributed by atoms with Crippen LogP contribution in [0.4, 0.5) is 10.1 Å². The molecule has 0 aromatic heterocycles. The number of benzene rings is 3. The van der Waals surface area contributed by atoms with Gasteiger partial charge in [-0.25, -0.2) is 12.8 Å². The summed E-state index contributed by atoms with van der Waals surface area (Å²) in [6.45, 7) is 7.88. The number of nitrogens with zero attached hydrogens (tertiary/aromatic N) is 2. The van der Waals surface area contributed by atoms with Crippen molar-refractivity contribution in [2.24, 2.45) is 0 Å². The van der Waals surface area contributed by atoms with E-state index in [1.807, 2.05) is 45.0 Å². The molecule has 3 aromatic carbocycles. The molecule has 0 aliphatic rings. The van der Waals surface area contributed by atoms with Crippen LogP contribution in [-0.2, 0) is 26.2 Å². The fourth-order valence-corrected chi connectivity index (χ4v) is 5.84. The fraction of sp³-hybridized carbons (Fsp3) is 0.355. The molecule has 0 saturated heterocycles. The molecule has 220 valence electrons. The van der Waals surface area contributed by atoms with Crippen LogP contribution in [0, 0.1) is 12.7 Å². The van der Waals surface area contributed by atoms with Crippen LogP contribution in [0.1, 0.15) is 44.7 Å². The highest BCUT2D eigenvalue weighted by Gasteiger charge is 2.33. The van der Waals surface area contributed by atoms with E-state index in [0.717, 1.165) is 34.0 Å². The minimum Gasteiger partial charge on any atom is -0.494 e. The normalized spacial score (nSPS) is 11.9. The van der Waals surface area contributed by atoms with Crippen molar-refractivity contribution in [1.29, 1.82) is 0 Å². The number of amides is 2. The molecule has 10 heteroatoms. The molecule has 3 rings (SSSR count). The van der Waals surface area contributed by atoms with Gasteiger partial charge < -0.3 is 15.0 Å². The van der Waals surface area contributed by atoms with Crippen molar-refractivity contribution in [2.45, 2.75) is 58.0 Å². The Morgan fingerprint density at radius 2 is 1.66 bits per heavy atom. The maximum atomic E-state index is 14.0. The Bertz CT molecular complexity index is 1410. The number of sulfonamides is 1. The Labute approximate surface area is 242 Å². The second-order valence-electron chi connectivity index (χ2n) is 9.62. The van der Waals surface area contributed by atoms with Crippen molar-refractivity contribution in [3.8, 4) is 5.75 Å². The van der Waals surface area contributed by atoms with Gasteiger partial charge in [0.05, 0.1) is 17.2 Å². The van der Waals surface area contributed by atoms with E-state index in [-0.39, 0.29) is 23.0 Å². The van der Waals surface area contributed by atoms with E-state index < -0.39 is 34.3 Å².